The summed E-state index contributed by atoms with van der Waals surface area (Å²) in [4.78, 5) is 22.3. The van der Waals surface area contributed by atoms with Crippen molar-refractivity contribution in [2.45, 2.75) is 32.9 Å². The molecule has 3 aromatic rings. The maximum atomic E-state index is 12.5. The van der Waals surface area contributed by atoms with Crippen LogP contribution < -0.4 is 5.56 Å². The third-order valence-corrected chi connectivity index (χ3v) is 4.80. The maximum absolute atomic E-state index is 12.5. The number of aromatic amines is 1. The highest BCUT2D eigenvalue weighted by molar-refractivity contribution is 5.47. The Hall–Kier alpha value is -2.66. The molecular formula is C20H21N3O2. The lowest BCUT2D eigenvalue weighted by Gasteiger charge is -2.28. The zero-order valence-corrected chi connectivity index (χ0v) is 14.3. The Morgan fingerprint density at radius 2 is 2.04 bits per heavy atom. The average Bonchev–Trinajstić information content (AvgIpc) is 3.17. The fraction of sp³-hybridized carbons (Fsp3) is 0.300. The molecule has 0 spiro atoms. The van der Waals surface area contributed by atoms with Gasteiger partial charge in [-0.2, -0.15) is 0 Å². The van der Waals surface area contributed by atoms with Crippen molar-refractivity contribution in [3.8, 4) is 11.6 Å². The van der Waals surface area contributed by atoms with Gasteiger partial charge in [-0.05, 0) is 29.7 Å². The molecule has 128 valence electrons. The Balaban J connectivity index is 1.58. The fourth-order valence-corrected chi connectivity index (χ4v) is 3.44. The van der Waals surface area contributed by atoms with Gasteiger partial charge in [-0.3, -0.25) is 9.69 Å². The average molecular weight is 335 g/mol. The third kappa shape index (κ3) is 3.15. The summed E-state index contributed by atoms with van der Waals surface area (Å²) in [6.45, 7) is 4.57. The van der Waals surface area contributed by atoms with Crippen molar-refractivity contribution in [3.05, 3.63) is 75.4 Å². The van der Waals surface area contributed by atoms with Gasteiger partial charge in [-0.25, -0.2) is 4.98 Å². The molecule has 4 rings (SSSR count). The number of nitrogens with zero attached hydrogens (tertiary/aromatic N) is 2. The van der Waals surface area contributed by atoms with Gasteiger partial charge in [0.15, 0.2) is 11.6 Å². The molecule has 25 heavy (non-hydrogen) atoms. The second kappa shape index (κ2) is 6.69. The summed E-state index contributed by atoms with van der Waals surface area (Å²) in [5.74, 6) is 1.11. The van der Waals surface area contributed by atoms with Crippen LogP contribution in [0.15, 0.2) is 51.9 Å². The molecule has 1 N–H and O–H groups in total. The summed E-state index contributed by atoms with van der Waals surface area (Å²) in [5.41, 5.74) is 4.30. The first-order chi connectivity index (χ1) is 12.2. The van der Waals surface area contributed by atoms with Crippen molar-refractivity contribution in [3.63, 3.8) is 0 Å². The standard InChI is InChI=1S/C20H21N3O2/c1-2-14-6-3-4-7-15(14)12-23-10-9-17-16(13-23)20(24)22-19(21-17)18-8-5-11-25-18/h3-8,11H,2,9-10,12-13H2,1H3,(H,21,22,24). The molecule has 1 aliphatic heterocycles. The first kappa shape index (κ1) is 15.8. The number of benzene rings is 1. The SMILES string of the molecule is CCc1ccccc1CN1CCc2nc(-c3ccco3)[nH]c(=O)c2C1. The van der Waals surface area contributed by atoms with Crippen molar-refractivity contribution in [1.82, 2.24) is 14.9 Å². The first-order valence-electron chi connectivity index (χ1n) is 8.69. The fourth-order valence-electron chi connectivity index (χ4n) is 3.44. The smallest absolute Gasteiger partial charge is 0.256 e. The molecule has 0 unspecified atom stereocenters. The summed E-state index contributed by atoms with van der Waals surface area (Å²) in [5, 5.41) is 0. The van der Waals surface area contributed by atoms with Gasteiger partial charge >= 0.3 is 0 Å². The number of nitrogens with one attached hydrogen (secondary N) is 1. The van der Waals surface area contributed by atoms with Gasteiger partial charge in [-0.1, -0.05) is 31.2 Å². The molecule has 0 fully saturated rings. The Kier molecular flexibility index (Phi) is 4.24. The molecule has 0 atom stereocenters. The second-order valence-corrected chi connectivity index (χ2v) is 6.40. The number of hydrogen-bond donors (Lipinski definition) is 1. The topological polar surface area (TPSA) is 62.1 Å². The van der Waals surface area contributed by atoms with Crippen LogP contribution in [0.4, 0.5) is 0 Å². The molecular weight excluding hydrogens is 314 g/mol. The van der Waals surface area contributed by atoms with Crippen LogP contribution in [-0.4, -0.2) is 21.4 Å². The van der Waals surface area contributed by atoms with E-state index in [1.807, 2.05) is 6.07 Å². The Morgan fingerprint density at radius 3 is 2.80 bits per heavy atom. The number of rotatable bonds is 4. The largest absolute Gasteiger partial charge is 0.461 e. The van der Waals surface area contributed by atoms with E-state index in [-0.39, 0.29) is 5.56 Å². The monoisotopic (exact) mass is 335 g/mol. The minimum Gasteiger partial charge on any atom is -0.461 e. The van der Waals surface area contributed by atoms with Crippen molar-refractivity contribution < 1.29 is 4.42 Å². The van der Waals surface area contributed by atoms with Crippen LogP contribution in [0.2, 0.25) is 0 Å². The van der Waals surface area contributed by atoms with Gasteiger partial charge in [0.1, 0.15) is 0 Å². The lowest BCUT2D eigenvalue weighted by Crippen LogP contribution is -2.35. The Bertz CT molecular complexity index is 928. The molecule has 0 radical (unpaired) electrons. The molecule has 1 aliphatic rings. The molecule has 5 heteroatoms. The first-order valence-corrected chi connectivity index (χ1v) is 8.69. The molecule has 3 heterocycles. The van der Waals surface area contributed by atoms with E-state index in [1.165, 1.54) is 11.1 Å². The number of furan rings is 1. The summed E-state index contributed by atoms with van der Waals surface area (Å²) in [7, 11) is 0. The second-order valence-electron chi connectivity index (χ2n) is 6.40. The predicted octanol–water partition coefficient (Wildman–Crippen LogP) is 3.15. The molecule has 0 bridgehead atoms. The van der Waals surface area contributed by atoms with Crippen molar-refractivity contribution in [1.29, 1.82) is 0 Å². The van der Waals surface area contributed by atoms with Crippen LogP contribution in [0.1, 0.15) is 29.3 Å². The van der Waals surface area contributed by atoms with E-state index in [0.717, 1.165) is 37.2 Å². The molecule has 2 aromatic heterocycles. The normalized spacial score (nSPS) is 14.4. The van der Waals surface area contributed by atoms with Gasteiger partial charge in [-0.15, -0.1) is 0 Å². The number of hydrogen-bond acceptors (Lipinski definition) is 4. The van der Waals surface area contributed by atoms with Gasteiger partial charge in [0, 0.05) is 26.1 Å². The third-order valence-electron chi connectivity index (χ3n) is 4.80. The molecule has 1 aromatic carbocycles. The minimum atomic E-state index is -0.0649. The molecule has 0 aliphatic carbocycles. The van der Waals surface area contributed by atoms with E-state index in [2.05, 4.69) is 46.1 Å². The van der Waals surface area contributed by atoms with Crippen LogP contribution in [-0.2, 0) is 25.9 Å². The van der Waals surface area contributed by atoms with Gasteiger partial charge in [0.2, 0.25) is 0 Å². The van der Waals surface area contributed by atoms with Crippen molar-refractivity contribution in [2.75, 3.05) is 6.54 Å². The van der Waals surface area contributed by atoms with Crippen LogP contribution >= 0.6 is 0 Å². The van der Waals surface area contributed by atoms with Crippen molar-refractivity contribution in [2.24, 2.45) is 0 Å². The summed E-state index contributed by atoms with van der Waals surface area (Å²) in [6, 6.07) is 12.1. The van der Waals surface area contributed by atoms with Crippen molar-refractivity contribution >= 4 is 0 Å². The van der Waals surface area contributed by atoms with Gasteiger partial charge in [0.25, 0.3) is 5.56 Å². The van der Waals surface area contributed by atoms with Crippen LogP contribution in [0, 0.1) is 0 Å². The van der Waals surface area contributed by atoms with E-state index < -0.39 is 0 Å². The van der Waals surface area contributed by atoms with Crippen LogP contribution in [0.25, 0.3) is 11.6 Å². The van der Waals surface area contributed by atoms with E-state index in [1.54, 1.807) is 12.3 Å². The molecule has 0 amide bonds. The van der Waals surface area contributed by atoms with E-state index in [4.69, 9.17) is 4.42 Å². The molecule has 0 saturated heterocycles. The number of fused-ring (bicyclic) bond motifs is 1. The Morgan fingerprint density at radius 1 is 1.20 bits per heavy atom. The van der Waals surface area contributed by atoms with Gasteiger partial charge in [0.05, 0.1) is 17.5 Å². The van der Waals surface area contributed by atoms with Crippen LogP contribution in [0.3, 0.4) is 0 Å². The maximum Gasteiger partial charge on any atom is 0.256 e. The number of H-pyrrole nitrogens is 1. The van der Waals surface area contributed by atoms with E-state index >= 15 is 0 Å². The minimum absolute atomic E-state index is 0.0649. The van der Waals surface area contributed by atoms with Crippen LogP contribution in [0.5, 0.6) is 0 Å². The molecule has 5 nitrogen and oxygen atoms in total. The van der Waals surface area contributed by atoms with E-state index in [9.17, 15) is 4.79 Å². The highest BCUT2D eigenvalue weighted by Gasteiger charge is 2.22. The molecule has 0 saturated carbocycles. The number of aryl methyl sites for hydroxylation is 1. The predicted molar refractivity (Wildman–Crippen MR) is 96.2 cm³/mol. The lowest BCUT2D eigenvalue weighted by molar-refractivity contribution is 0.241. The highest BCUT2D eigenvalue weighted by Crippen LogP contribution is 2.21. The zero-order chi connectivity index (χ0) is 17.2. The summed E-state index contributed by atoms with van der Waals surface area (Å²) >= 11 is 0. The van der Waals surface area contributed by atoms with E-state index in [0.29, 0.717) is 18.1 Å². The zero-order valence-electron chi connectivity index (χ0n) is 14.3. The number of aromatic nitrogens is 2. The summed E-state index contributed by atoms with van der Waals surface area (Å²) in [6.07, 6.45) is 3.39. The Labute approximate surface area is 146 Å². The summed E-state index contributed by atoms with van der Waals surface area (Å²) < 4.78 is 5.35. The lowest BCUT2D eigenvalue weighted by atomic mass is 10.0. The van der Waals surface area contributed by atoms with Gasteiger partial charge < -0.3 is 9.40 Å². The quantitative estimate of drug-likeness (QED) is 0.795. The highest BCUT2D eigenvalue weighted by atomic mass is 16.3.